The standard InChI is InChI=1S/C13H21N3O/c1-3-11(15)9(2)13(17)16-12-7-5-4-6-10(12)8-14/h4-7,9,11H,3,8,14-15H2,1-2H3,(H,16,17). The third-order valence-electron chi connectivity index (χ3n) is 3.02. The van der Waals surface area contributed by atoms with Gasteiger partial charge in [-0.3, -0.25) is 4.79 Å². The number of nitrogens with two attached hydrogens (primary N) is 2. The second-order valence-corrected chi connectivity index (χ2v) is 4.21. The molecule has 0 bridgehead atoms. The van der Waals surface area contributed by atoms with Crippen molar-refractivity contribution in [1.82, 2.24) is 0 Å². The van der Waals surface area contributed by atoms with E-state index in [1.807, 2.05) is 38.1 Å². The molecule has 0 fully saturated rings. The molecule has 0 heterocycles. The second-order valence-electron chi connectivity index (χ2n) is 4.21. The first-order chi connectivity index (χ1) is 8.10. The molecule has 0 radical (unpaired) electrons. The van der Waals surface area contributed by atoms with Gasteiger partial charge >= 0.3 is 0 Å². The largest absolute Gasteiger partial charge is 0.327 e. The molecule has 5 N–H and O–H groups in total. The average molecular weight is 235 g/mol. The molecule has 0 spiro atoms. The average Bonchev–Trinajstić information content (AvgIpc) is 2.37. The first kappa shape index (κ1) is 13.7. The van der Waals surface area contributed by atoms with Gasteiger partial charge < -0.3 is 16.8 Å². The first-order valence-corrected chi connectivity index (χ1v) is 5.94. The van der Waals surface area contributed by atoms with Crippen molar-refractivity contribution in [2.45, 2.75) is 32.9 Å². The fraction of sp³-hybridized carbons (Fsp3) is 0.462. The Kier molecular flexibility index (Phi) is 5.12. The van der Waals surface area contributed by atoms with Gasteiger partial charge in [-0.1, -0.05) is 32.0 Å². The highest BCUT2D eigenvalue weighted by atomic mass is 16.1. The smallest absolute Gasteiger partial charge is 0.228 e. The molecule has 0 saturated heterocycles. The number of anilines is 1. The van der Waals surface area contributed by atoms with Gasteiger partial charge in [0.05, 0.1) is 5.92 Å². The van der Waals surface area contributed by atoms with Gasteiger partial charge in [0.25, 0.3) is 0 Å². The highest BCUT2D eigenvalue weighted by Crippen LogP contribution is 2.16. The van der Waals surface area contributed by atoms with Crippen molar-refractivity contribution in [3.8, 4) is 0 Å². The number of rotatable bonds is 5. The van der Waals surface area contributed by atoms with Gasteiger partial charge in [0.1, 0.15) is 0 Å². The summed E-state index contributed by atoms with van der Waals surface area (Å²) < 4.78 is 0. The van der Waals surface area contributed by atoms with Gasteiger partial charge in [-0.15, -0.1) is 0 Å². The van der Waals surface area contributed by atoms with Crippen LogP contribution in [0.4, 0.5) is 5.69 Å². The zero-order valence-electron chi connectivity index (χ0n) is 10.4. The lowest BCUT2D eigenvalue weighted by Crippen LogP contribution is -2.36. The maximum absolute atomic E-state index is 11.9. The van der Waals surface area contributed by atoms with Gasteiger partial charge in [0.2, 0.25) is 5.91 Å². The maximum atomic E-state index is 11.9. The van der Waals surface area contributed by atoms with Crippen molar-refractivity contribution in [3.05, 3.63) is 29.8 Å². The van der Waals surface area contributed by atoms with Crippen LogP contribution in [0.5, 0.6) is 0 Å². The van der Waals surface area contributed by atoms with Crippen LogP contribution < -0.4 is 16.8 Å². The molecule has 4 heteroatoms. The maximum Gasteiger partial charge on any atom is 0.228 e. The normalized spacial score (nSPS) is 14.1. The summed E-state index contributed by atoms with van der Waals surface area (Å²) in [6.45, 7) is 4.22. The number of carbonyl (C=O) groups is 1. The molecule has 4 nitrogen and oxygen atoms in total. The van der Waals surface area contributed by atoms with Gasteiger partial charge in [0.15, 0.2) is 0 Å². The van der Waals surface area contributed by atoms with Crippen molar-refractivity contribution in [2.24, 2.45) is 17.4 Å². The van der Waals surface area contributed by atoms with E-state index in [1.54, 1.807) is 0 Å². The molecule has 1 aromatic carbocycles. The Hall–Kier alpha value is -1.39. The van der Waals surface area contributed by atoms with Crippen LogP contribution in [0.15, 0.2) is 24.3 Å². The Morgan fingerprint density at radius 3 is 2.65 bits per heavy atom. The summed E-state index contributed by atoms with van der Waals surface area (Å²) in [6.07, 6.45) is 0.785. The fourth-order valence-corrected chi connectivity index (χ4v) is 1.61. The molecule has 1 amide bonds. The molecule has 2 unspecified atom stereocenters. The third kappa shape index (κ3) is 3.54. The zero-order chi connectivity index (χ0) is 12.8. The SMILES string of the molecule is CCC(N)C(C)C(=O)Nc1ccccc1CN. The minimum absolute atomic E-state index is 0.0553. The van der Waals surface area contributed by atoms with E-state index in [-0.39, 0.29) is 17.9 Å². The fourth-order valence-electron chi connectivity index (χ4n) is 1.61. The lowest BCUT2D eigenvalue weighted by atomic mass is 9.99. The third-order valence-corrected chi connectivity index (χ3v) is 3.02. The number of hydrogen-bond donors (Lipinski definition) is 3. The van der Waals surface area contributed by atoms with Gasteiger partial charge in [0, 0.05) is 18.3 Å². The topological polar surface area (TPSA) is 81.1 Å². The van der Waals surface area contributed by atoms with Crippen molar-refractivity contribution in [1.29, 1.82) is 0 Å². The molecular weight excluding hydrogens is 214 g/mol. The summed E-state index contributed by atoms with van der Waals surface area (Å²) >= 11 is 0. The Labute approximate surface area is 102 Å². The first-order valence-electron chi connectivity index (χ1n) is 5.94. The zero-order valence-corrected chi connectivity index (χ0v) is 10.4. The number of amides is 1. The van der Waals surface area contributed by atoms with Crippen molar-refractivity contribution in [3.63, 3.8) is 0 Å². The molecule has 0 aliphatic heterocycles. The molecule has 1 rings (SSSR count). The highest BCUT2D eigenvalue weighted by molar-refractivity contribution is 5.93. The Morgan fingerprint density at radius 1 is 1.41 bits per heavy atom. The summed E-state index contributed by atoms with van der Waals surface area (Å²) in [5.41, 5.74) is 13.2. The van der Waals surface area contributed by atoms with Gasteiger partial charge in [-0.2, -0.15) is 0 Å². The van der Waals surface area contributed by atoms with Crippen LogP contribution in [-0.4, -0.2) is 11.9 Å². The van der Waals surface area contributed by atoms with Gasteiger partial charge in [-0.05, 0) is 18.1 Å². The van der Waals surface area contributed by atoms with E-state index >= 15 is 0 Å². The van der Waals surface area contributed by atoms with E-state index in [2.05, 4.69) is 5.32 Å². The van der Waals surface area contributed by atoms with Crippen molar-refractivity contribution >= 4 is 11.6 Å². The molecule has 1 aromatic rings. The number of benzene rings is 1. The molecule has 94 valence electrons. The summed E-state index contributed by atoms with van der Waals surface area (Å²) in [5, 5.41) is 2.88. The Bertz CT molecular complexity index is 379. The van der Waals surface area contributed by atoms with Crippen LogP contribution in [0.2, 0.25) is 0 Å². The van der Waals surface area contributed by atoms with E-state index in [1.165, 1.54) is 0 Å². The quantitative estimate of drug-likeness (QED) is 0.722. The molecule has 0 saturated carbocycles. The number of nitrogens with one attached hydrogen (secondary N) is 1. The molecule has 17 heavy (non-hydrogen) atoms. The second kappa shape index (κ2) is 6.37. The Balaban J connectivity index is 2.74. The minimum Gasteiger partial charge on any atom is -0.327 e. The van der Waals surface area contributed by atoms with Gasteiger partial charge in [-0.25, -0.2) is 0 Å². The number of hydrogen-bond acceptors (Lipinski definition) is 3. The van der Waals surface area contributed by atoms with Crippen LogP contribution in [0, 0.1) is 5.92 Å². The van der Waals surface area contributed by atoms with Crippen LogP contribution >= 0.6 is 0 Å². The predicted octanol–water partition coefficient (Wildman–Crippen LogP) is 1.46. The van der Waals surface area contributed by atoms with Crippen molar-refractivity contribution in [2.75, 3.05) is 5.32 Å². The summed E-state index contributed by atoms with van der Waals surface area (Å²) in [6, 6.07) is 7.42. The van der Waals surface area contributed by atoms with E-state index < -0.39 is 0 Å². The van der Waals surface area contributed by atoms with Crippen LogP contribution in [0.3, 0.4) is 0 Å². The van der Waals surface area contributed by atoms with E-state index in [0.29, 0.717) is 6.54 Å². The molecule has 0 aliphatic carbocycles. The van der Waals surface area contributed by atoms with E-state index in [0.717, 1.165) is 17.7 Å². The highest BCUT2D eigenvalue weighted by Gasteiger charge is 2.19. The lowest BCUT2D eigenvalue weighted by molar-refractivity contribution is -0.119. The predicted molar refractivity (Wildman–Crippen MR) is 70.4 cm³/mol. The molecule has 2 atom stereocenters. The minimum atomic E-state index is -0.203. The molecular formula is C13H21N3O. The van der Waals surface area contributed by atoms with E-state index in [9.17, 15) is 4.79 Å². The summed E-state index contributed by atoms with van der Waals surface area (Å²) in [7, 11) is 0. The van der Waals surface area contributed by atoms with Crippen LogP contribution in [0.25, 0.3) is 0 Å². The number of carbonyl (C=O) groups excluding carboxylic acids is 1. The Morgan fingerprint density at radius 2 is 2.06 bits per heavy atom. The van der Waals surface area contributed by atoms with E-state index in [4.69, 9.17) is 11.5 Å². The monoisotopic (exact) mass is 235 g/mol. The number of para-hydroxylation sites is 1. The van der Waals surface area contributed by atoms with Crippen LogP contribution in [0.1, 0.15) is 25.8 Å². The van der Waals surface area contributed by atoms with Crippen LogP contribution in [-0.2, 0) is 11.3 Å². The summed E-state index contributed by atoms with van der Waals surface area (Å²) in [5.74, 6) is -0.258. The summed E-state index contributed by atoms with van der Waals surface area (Å²) in [4.78, 5) is 11.9. The van der Waals surface area contributed by atoms with Crippen molar-refractivity contribution < 1.29 is 4.79 Å². The molecule has 0 aliphatic rings. The lowest BCUT2D eigenvalue weighted by Gasteiger charge is -2.18. The molecule has 0 aromatic heterocycles.